The van der Waals surface area contributed by atoms with Crippen molar-refractivity contribution in [1.29, 1.82) is 0 Å². The highest BCUT2D eigenvalue weighted by Crippen LogP contribution is 2.18. The number of hydrogen-bond acceptors (Lipinski definition) is 4. The molecule has 1 rings (SSSR count). The van der Waals surface area contributed by atoms with E-state index >= 15 is 0 Å². The van der Waals surface area contributed by atoms with Gasteiger partial charge in [-0.2, -0.15) is 5.10 Å². The topological polar surface area (TPSA) is 90.0 Å². The number of hydrogen-bond donors (Lipinski definition) is 2. The summed E-state index contributed by atoms with van der Waals surface area (Å²) in [6.45, 7) is 7.96. The number of rotatable bonds is 4. The van der Waals surface area contributed by atoms with Crippen molar-refractivity contribution in [1.82, 2.24) is 14.5 Å². The molecule has 7 heteroatoms. The number of sulfonamides is 1. The molecule has 0 atom stereocenters. The lowest BCUT2D eigenvalue weighted by Crippen LogP contribution is -2.40. The van der Waals surface area contributed by atoms with Crippen LogP contribution in [-0.4, -0.2) is 23.7 Å². The van der Waals surface area contributed by atoms with E-state index in [1.165, 1.54) is 6.20 Å². The minimum absolute atomic E-state index is 0.0372. The second-order valence-electron chi connectivity index (χ2n) is 5.00. The van der Waals surface area contributed by atoms with Crippen LogP contribution in [0.3, 0.4) is 0 Å². The van der Waals surface area contributed by atoms with E-state index in [-0.39, 0.29) is 10.7 Å². The molecule has 0 fully saturated rings. The first-order valence-electron chi connectivity index (χ1n) is 5.52. The fourth-order valence-corrected chi connectivity index (χ4v) is 2.92. The summed E-state index contributed by atoms with van der Waals surface area (Å²) in [6, 6.07) is 0. The van der Waals surface area contributed by atoms with E-state index in [2.05, 4.69) is 9.82 Å². The maximum atomic E-state index is 12.0. The van der Waals surface area contributed by atoms with Crippen LogP contribution in [0.25, 0.3) is 0 Å². The standard InChI is InChI=1S/C10H20N4O2S/c1-5-6-14-7-8(9(11)12-14)17(15,16)13-10(2,3)4/h7,13H,5-6H2,1-4H3,(H2,11,12). The van der Waals surface area contributed by atoms with Crippen LogP contribution in [0.15, 0.2) is 11.1 Å². The zero-order valence-corrected chi connectivity index (χ0v) is 11.5. The van der Waals surface area contributed by atoms with Gasteiger partial charge < -0.3 is 5.73 Å². The van der Waals surface area contributed by atoms with Crippen LogP contribution in [0.5, 0.6) is 0 Å². The second-order valence-corrected chi connectivity index (χ2v) is 6.65. The maximum absolute atomic E-state index is 12.0. The Kier molecular flexibility index (Phi) is 3.83. The van der Waals surface area contributed by atoms with Crippen LogP contribution in [0.1, 0.15) is 34.1 Å². The predicted octanol–water partition coefficient (Wildman–Crippen LogP) is 0.952. The third-order valence-corrected chi connectivity index (χ3v) is 3.71. The van der Waals surface area contributed by atoms with Gasteiger partial charge in [-0.15, -0.1) is 0 Å². The van der Waals surface area contributed by atoms with E-state index in [0.29, 0.717) is 6.54 Å². The monoisotopic (exact) mass is 260 g/mol. The summed E-state index contributed by atoms with van der Waals surface area (Å²) in [4.78, 5) is 0.0425. The van der Waals surface area contributed by atoms with Gasteiger partial charge in [0.2, 0.25) is 10.0 Å². The van der Waals surface area contributed by atoms with Gasteiger partial charge in [0.15, 0.2) is 5.82 Å². The number of nitrogens with two attached hydrogens (primary N) is 1. The van der Waals surface area contributed by atoms with Crippen molar-refractivity contribution in [2.75, 3.05) is 5.73 Å². The molecule has 0 saturated carbocycles. The molecule has 0 amide bonds. The van der Waals surface area contributed by atoms with Crippen LogP contribution < -0.4 is 10.5 Å². The quantitative estimate of drug-likeness (QED) is 0.843. The molecule has 3 N–H and O–H groups in total. The second kappa shape index (κ2) is 4.66. The summed E-state index contributed by atoms with van der Waals surface area (Å²) in [5, 5.41) is 3.97. The molecule has 1 aromatic heterocycles. The molecule has 0 saturated heterocycles. The lowest BCUT2D eigenvalue weighted by molar-refractivity contribution is 0.491. The van der Waals surface area contributed by atoms with E-state index in [9.17, 15) is 8.42 Å². The zero-order chi connectivity index (χ0) is 13.3. The molecule has 0 unspecified atom stereocenters. The van der Waals surface area contributed by atoms with Gasteiger partial charge in [0.25, 0.3) is 0 Å². The maximum Gasteiger partial charge on any atom is 0.246 e. The van der Waals surface area contributed by atoms with Crippen molar-refractivity contribution in [3.05, 3.63) is 6.20 Å². The highest BCUT2D eigenvalue weighted by molar-refractivity contribution is 7.89. The fourth-order valence-electron chi connectivity index (χ4n) is 1.43. The molecule has 0 bridgehead atoms. The molecule has 0 aliphatic heterocycles. The van der Waals surface area contributed by atoms with Crippen LogP contribution in [0.4, 0.5) is 5.82 Å². The summed E-state index contributed by atoms with van der Waals surface area (Å²) >= 11 is 0. The van der Waals surface area contributed by atoms with Crippen LogP contribution in [-0.2, 0) is 16.6 Å². The molecule has 0 aromatic carbocycles. The summed E-state index contributed by atoms with van der Waals surface area (Å²) in [5.74, 6) is 0.0372. The van der Waals surface area contributed by atoms with E-state index in [4.69, 9.17) is 5.73 Å². The Morgan fingerprint density at radius 3 is 2.53 bits per heavy atom. The first-order valence-corrected chi connectivity index (χ1v) is 7.01. The molecule has 1 heterocycles. The molecule has 0 aliphatic rings. The Labute approximate surface area is 102 Å². The molecule has 0 radical (unpaired) electrons. The molecule has 1 aromatic rings. The Bertz CT molecular complexity index is 485. The zero-order valence-electron chi connectivity index (χ0n) is 10.7. The number of aromatic nitrogens is 2. The SMILES string of the molecule is CCCn1cc(S(=O)(=O)NC(C)(C)C)c(N)n1. The van der Waals surface area contributed by atoms with E-state index in [1.54, 1.807) is 25.5 Å². The van der Waals surface area contributed by atoms with Gasteiger partial charge in [0, 0.05) is 18.3 Å². The highest BCUT2D eigenvalue weighted by atomic mass is 32.2. The first kappa shape index (κ1) is 14.0. The predicted molar refractivity (Wildman–Crippen MR) is 67.0 cm³/mol. The Hall–Kier alpha value is -1.08. The smallest absolute Gasteiger partial charge is 0.246 e. The van der Waals surface area contributed by atoms with Crippen molar-refractivity contribution >= 4 is 15.8 Å². The van der Waals surface area contributed by atoms with Crippen molar-refractivity contribution in [2.24, 2.45) is 0 Å². The van der Waals surface area contributed by atoms with Crippen molar-refractivity contribution in [3.63, 3.8) is 0 Å². The van der Waals surface area contributed by atoms with Crippen molar-refractivity contribution < 1.29 is 8.42 Å². The molecule has 0 aliphatic carbocycles. The minimum atomic E-state index is -3.60. The molecule has 17 heavy (non-hydrogen) atoms. The van der Waals surface area contributed by atoms with E-state index < -0.39 is 15.6 Å². The van der Waals surface area contributed by atoms with E-state index in [1.807, 2.05) is 6.92 Å². The van der Waals surface area contributed by atoms with Gasteiger partial charge in [-0.1, -0.05) is 6.92 Å². The lowest BCUT2D eigenvalue weighted by Gasteiger charge is -2.19. The number of nitrogens with zero attached hydrogens (tertiary/aromatic N) is 2. The number of aryl methyl sites for hydroxylation is 1. The average molecular weight is 260 g/mol. The van der Waals surface area contributed by atoms with Gasteiger partial charge in [0.05, 0.1) is 0 Å². The van der Waals surface area contributed by atoms with Gasteiger partial charge in [-0.25, -0.2) is 13.1 Å². The van der Waals surface area contributed by atoms with Gasteiger partial charge >= 0.3 is 0 Å². The number of nitrogen functional groups attached to an aromatic ring is 1. The molecular weight excluding hydrogens is 240 g/mol. The van der Waals surface area contributed by atoms with Crippen molar-refractivity contribution in [2.45, 2.75) is 51.1 Å². The van der Waals surface area contributed by atoms with Gasteiger partial charge in [-0.05, 0) is 27.2 Å². The third-order valence-electron chi connectivity index (χ3n) is 1.94. The molecule has 98 valence electrons. The summed E-state index contributed by atoms with van der Waals surface area (Å²) < 4.78 is 28.2. The van der Waals surface area contributed by atoms with E-state index in [0.717, 1.165) is 6.42 Å². The van der Waals surface area contributed by atoms with Crippen molar-refractivity contribution in [3.8, 4) is 0 Å². The average Bonchev–Trinajstić information content (AvgIpc) is 2.43. The molecular formula is C10H20N4O2S. The van der Waals surface area contributed by atoms with Crippen LogP contribution >= 0.6 is 0 Å². The van der Waals surface area contributed by atoms with Gasteiger partial charge in [0.1, 0.15) is 4.90 Å². The largest absolute Gasteiger partial charge is 0.381 e. The number of anilines is 1. The summed E-state index contributed by atoms with van der Waals surface area (Å²) in [5.41, 5.74) is 5.08. The van der Waals surface area contributed by atoms with Crippen LogP contribution in [0.2, 0.25) is 0 Å². The normalized spacial score (nSPS) is 12.9. The minimum Gasteiger partial charge on any atom is -0.381 e. The Morgan fingerprint density at radius 2 is 2.06 bits per heavy atom. The lowest BCUT2D eigenvalue weighted by atomic mass is 10.1. The Balaban J connectivity index is 3.07. The molecule has 0 spiro atoms. The molecule has 6 nitrogen and oxygen atoms in total. The fraction of sp³-hybridized carbons (Fsp3) is 0.700. The summed E-state index contributed by atoms with van der Waals surface area (Å²) in [6.07, 6.45) is 2.33. The summed E-state index contributed by atoms with van der Waals surface area (Å²) in [7, 11) is -3.60. The van der Waals surface area contributed by atoms with Gasteiger partial charge in [-0.3, -0.25) is 4.68 Å². The Morgan fingerprint density at radius 1 is 1.47 bits per heavy atom. The highest BCUT2D eigenvalue weighted by Gasteiger charge is 2.26. The number of nitrogens with one attached hydrogen (secondary N) is 1. The first-order chi connectivity index (χ1) is 7.65. The van der Waals surface area contributed by atoms with Crippen LogP contribution in [0, 0.1) is 0 Å². The third kappa shape index (κ3) is 3.71.